The maximum atomic E-state index is 5.89. The third kappa shape index (κ3) is 2.66. The molecular weight excluding hydrogens is 334 g/mol. The molecule has 0 unspecified atom stereocenters. The minimum Gasteiger partial charge on any atom is -0.216 e. The van der Waals surface area contributed by atoms with Crippen molar-refractivity contribution in [1.29, 1.82) is 0 Å². The molecule has 0 atom stereocenters. The lowest BCUT2D eigenvalue weighted by Gasteiger charge is -2.03. The fraction of sp³-hybridized carbons (Fsp3) is 0. The summed E-state index contributed by atoms with van der Waals surface area (Å²) in [6, 6.07) is 6.84. The van der Waals surface area contributed by atoms with Crippen molar-refractivity contribution in [3.05, 3.63) is 44.1 Å². The Balaban J connectivity index is 2.54. The largest absolute Gasteiger partial charge is 0.216 e. The Morgan fingerprint density at radius 3 is 2.12 bits per heavy atom. The lowest BCUT2D eigenvalue weighted by atomic mass is 10.2. The second-order valence-electron chi connectivity index (χ2n) is 2.97. The highest BCUT2D eigenvalue weighted by molar-refractivity contribution is 9.10. The quantitative estimate of drug-likeness (QED) is 0.694. The van der Waals surface area contributed by atoms with Gasteiger partial charge in [-0.05, 0) is 34.1 Å². The van der Waals surface area contributed by atoms with Crippen LogP contribution in [-0.2, 0) is 0 Å². The Labute approximate surface area is 116 Å². The Kier molecular flexibility index (Phi) is 3.70. The molecule has 1 aromatic heterocycles. The van der Waals surface area contributed by atoms with Gasteiger partial charge in [-0.3, -0.25) is 0 Å². The van der Waals surface area contributed by atoms with Gasteiger partial charge in [-0.15, -0.1) is 0 Å². The number of hydrogen-bond donors (Lipinski definition) is 0. The van der Waals surface area contributed by atoms with Crippen LogP contribution >= 0.6 is 50.7 Å². The molecule has 0 aliphatic rings. The van der Waals surface area contributed by atoms with Crippen molar-refractivity contribution in [1.82, 2.24) is 9.97 Å². The van der Waals surface area contributed by atoms with Crippen LogP contribution in [0.1, 0.15) is 0 Å². The van der Waals surface area contributed by atoms with E-state index in [1.165, 1.54) is 6.07 Å². The van der Waals surface area contributed by atoms with Gasteiger partial charge >= 0.3 is 0 Å². The molecule has 0 aliphatic carbocycles. The molecule has 2 aromatic rings. The standard InChI is InChI=1S/C10H4BrCl3N2/c11-6-3-5(1-2-7(6)12)10-15-8(13)4-9(14)16-10/h1-4H. The normalized spacial score (nSPS) is 10.5. The van der Waals surface area contributed by atoms with E-state index in [0.717, 1.165) is 10.0 Å². The van der Waals surface area contributed by atoms with Gasteiger partial charge in [-0.1, -0.05) is 34.8 Å². The van der Waals surface area contributed by atoms with Crippen LogP contribution in [0, 0.1) is 0 Å². The SMILES string of the molecule is Clc1cc(Cl)nc(-c2ccc(Cl)c(Br)c2)n1. The van der Waals surface area contributed by atoms with Crippen molar-refractivity contribution in [2.75, 3.05) is 0 Å². The van der Waals surface area contributed by atoms with E-state index in [2.05, 4.69) is 25.9 Å². The number of nitrogens with zero attached hydrogens (tertiary/aromatic N) is 2. The van der Waals surface area contributed by atoms with Gasteiger partial charge in [0.05, 0.1) is 5.02 Å². The zero-order valence-electron chi connectivity index (χ0n) is 7.72. The van der Waals surface area contributed by atoms with Crippen LogP contribution < -0.4 is 0 Å². The molecule has 16 heavy (non-hydrogen) atoms. The molecule has 0 bridgehead atoms. The molecule has 1 aromatic carbocycles. The van der Waals surface area contributed by atoms with Crippen LogP contribution in [0.15, 0.2) is 28.7 Å². The molecule has 0 N–H and O–H groups in total. The first kappa shape index (κ1) is 12.1. The molecule has 0 amide bonds. The lowest BCUT2D eigenvalue weighted by molar-refractivity contribution is 1.18. The third-order valence-corrected chi connectivity index (χ3v) is 3.44. The number of hydrogen-bond acceptors (Lipinski definition) is 2. The van der Waals surface area contributed by atoms with Crippen LogP contribution in [0.5, 0.6) is 0 Å². The molecule has 0 saturated heterocycles. The average molecular weight is 338 g/mol. The second kappa shape index (κ2) is 4.88. The molecular formula is C10H4BrCl3N2. The fourth-order valence-electron chi connectivity index (χ4n) is 1.15. The Bertz CT molecular complexity index is 525. The molecule has 0 spiro atoms. The number of benzene rings is 1. The number of aromatic nitrogens is 2. The zero-order valence-corrected chi connectivity index (χ0v) is 11.6. The van der Waals surface area contributed by atoms with Gasteiger partial charge in [0.25, 0.3) is 0 Å². The molecule has 0 saturated carbocycles. The van der Waals surface area contributed by atoms with E-state index in [4.69, 9.17) is 34.8 Å². The molecule has 2 rings (SSSR count). The summed E-state index contributed by atoms with van der Waals surface area (Å²) in [4.78, 5) is 8.16. The van der Waals surface area contributed by atoms with E-state index in [1.807, 2.05) is 6.07 Å². The third-order valence-electron chi connectivity index (χ3n) is 1.84. The van der Waals surface area contributed by atoms with Gasteiger partial charge in [0.15, 0.2) is 5.82 Å². The maximum absolute atomic E-state index is 5.89. The van der Waals surface area contributed by atoms with Crippen molar-refractivity contribution in [2.45, 2.75) is 0 Å². The van der Waals surface area contributed by atoms with Gasteiger partial charge in [0.2, 0.25) is 0 Å². The molecule has 0 radical (unpaired) electrons. The molecule has 0 aliphatic heterocycles. The van der Waals surface area contributed by atoms with Crippen molar-refractivity contribution in [3.63, 3.8) is 0 Å². The fourth-order valence-corrected chi connectivity index (χ4v) is 2.07. The lowest BCUT2D eigenvalue weighted by Crippen LogP contribution is -1.90. The van der Waals surface area contributed by atoms with E-state index in [0.29, 0.717) is 21.2 Å². The first-order valence-electron chi connectivity index (χ1n) is 4.22. The second-order valence-corrected chi connectivity index (χ2v) is 5.00. The van der Waals surface area contributed by atoms with Gasteiger partial charge < -0.3 is 0 Å². The topological polar surface area (TPSA) is 25.8 Å². The predicted octanol–water partition coefficient (Wildman–Crippen LogP) is 4.87. The molecule has 82 valence electrons. The van der Waals surface area contributed by atoms with Crippen LogP contribution in [-0.4, -0.2) is 9.97 Å². The molecule has 6 heteroatoms. The Hall–Kier alpha value is -0.350. The van der Waals surface area contributed by atoms with Crippen LogP contribution in [0.2, 0.25) is 15.3 Å². The van der Waals surface area contributed by atoms with Gasteiger partial charge in [-0.2, -0.15) is 0 Å². The highest BCUT2D eigenvalue weighted by Gasteiger charge is 2.06. The summed E-state index contributed by atoms with van der Waals surface area (Å²) in [6.07, 6.45) is 0. The molecule has 0 fully saturated rings. The predicted molar refractivity (Wildman–Crippen MR) is 70.2 cm³/mol. The van der Waals surface area contributed by atoms with Crippen LogP contribution in [0.4, 0.5) is 0 Å². The summed E-state index contributed by atoms with van der Waals surface area (Å²) < 4.78 is 0.770. The maximum Gasteiger partial charge on any atom is 0.162 e. The van der Waals surface area contributed by atoms with E-state index in [1.54, 1.807) is 12.1 Å². The minimum atomic E-state index is 0.307. The summed E-state index contributed by atoms with van der Waals surface area (Å²) in [7, 11) is 0. The van der Waals surface area contributed by atoms with Crippen molar-refractivity contribution >= 4 is 50.7 Å². The summed E-state index contributed by atoms with van der Waals surface area (Å²) in [5.74, 6) is 0.467. The number of halogens is 4. The monoisotopic (exact) mass is 336 g/mol. The molecule has 2 nitrogen and oxygen atoms in total. The number of rotatable bonds is 1. The van der Waals surface area contributed by atoms with E-state index >= 15 is 0 Å². The van der Waals surface area contributed by atoms with E-state index in [-0.39, 0.29) is 0 Å². The summed E-state index contributed by atoms with van der Waals surface area (Å²) in [5.41, 5.74) is 0.792. The zero-order chi connectivity index (χ0) is 11.7. The summed E-state index contributed by atoms with van der Waals surface area (Å²) >= 11 is 20.8. The average Bonchev–Trinajstić information content (AvgIpc) is 2.20. The summed E-state index contributed by atoms with van der Waals surface area (Å²) in [5, 5.41) is 1.24. The van der Waals surface area contributed by atoms with E-state index in [9.17, 15) is 0 Å². The first-order valence-corrected chi connectivity index (χ1v) is 6.14. The van der Waals surface area contributed by atoms with Gasteiger partial charge in [0.1, 0.15) is 10.3 Å². The van der Waals surface area contributed by atoms with Gasteiger partial charge in [0, 0.05) is 16.1 Å². The van der Waals surface area contributed by atoms with Crippen molar-refractivity contribution in [2.24, 2.45) is 0 Å². The van der Waals surface area contributed by atoms with E-state index < -0.39 is 0 Å². The Morgan fingerprint density at radius 1 is 0.938 bits per heavy atom. The highest BCUT2D eigenvalue weighted by atomic mass is 79.9. The molecule has 1 heterocycles. The summed E-state index contributed by atoms with van der Waals surface area (Å²) in [6.45, 7) is 0. The van der Waals surface area contributed by atoms with Crippen LogP contribution in [0.3, 0.4) is 0 Å². The first-order chi connectivity index (χ1) is 7.56. The van der Waals surface area contributed by atoms with Crippen LogP contribution in [0.25, 0.3) is 11.4 Å². The minimum absolute atomic E-state index is 0.307. The highest BCUT2D eigenvalue weighted by Crippen LogP contribution is 2.28. The van der Waals surface area contributed by atoms with Crippen molar-refractivity contribution in [3.8, 4) is 11.4 Å². The van der Waals surface area contributed by atoms with Gasteiger partial charge in [-0.25, -0.2) is 9.97 Å². The van der Waals surface area contributed by atoms with Crippen molar-refractivity contribution < 1.29 is 0 Å². The smallest absolute Gasteiger partial charge is 0.162 e. The Morgan fingerprint density at radius 2 is 1.56 bits per heavy atom.